The van der Waals surface area contributed by atoms with Crippen LogP contribution < -0.4 is 15.3 Å². The van der Waals surface area contributed by atoms with Gasteiger partial charge in [0, 0.05) is 24.8 Å². The molecule has 0 spiro atoms. The Morgan fingerprint density at radius 1 is 1.00 bits per heavy atom. The van der Waals surface area contributed by atoms with Crippen molar-refractivity contribution >= 4 is 17.9 Å². The second kappa shape index (κ2) is 7.37. The summed E-state index contributed by atoms with van der Waals surface area (Å²) >= 11 is 0. The molecule has 0 saturated carbocycles. The summed E-state index contributed by atoms with van der Waals surface area (Å²) in [4.78, 5) is 30.0. The summed E-state index contributed by atoms with van der Waals surface area (Å²) in [5, 5.41) is 38.9. The van der Waals surface area contributed by atoms with Crippen LogP contribution in [0.4, 0.5) is 0 Å². The minimum absolute atomic E-state index is 0. The zero-order chi connectivity index (χ0) is 10.6. The second-order valence-corrected chi connectivity index (χ2v) is 2.42. The topological polar surface area (TPSA) is 172 Å². The van der Waals surface area contributed by atoms with Gasteiger partial charge in [-0.3, -0.25) is 0 Å². The third kappa shape index (κ3) is 7.05. The molecule has 92 valence electrons. The van der Waals surface area contributed by atoms with Crippen LogP contribution in [0.3, 0.4) is 0 Å². The quantitative estimate of drug-likeness (QED) is 0.491. The van der Waals surface area contributed by atoms with E-state index in [4.69, 9.17) is 5.11 Å². The summed E-state index contributed by atoms with van der Waals surface area (Å²) in [6.45, 7) is 0. The molecule has 0 heterocycles. The molecule has 0 saturated heterocycles. The van der Waals surface area contributed by atoms with Gasteiger partial charge in [0.25, 0.3) is 0 Å². The first-order valence-corrected chi connectivity index (χ1v) is 3.11. The van der Waals surface area contributed by atoms with Crippen molar-refractivity contribution in [2.24, 2.45) is 0 Å². The van der Waals surface area contributed by atoms with E-state index in [-0.39, 0.29) is 27.9 Å². The summed E-state index contributed by atoms with van der Waals surface area (Å²) in [7, 11) is 0. The molecule has 0 aromatic rings. The van der Waals surface area contributed by atoms with Gasteiger partial charge in [-0.25, -0.2) is 0 Å². The molecule has 8 nitrogen and oxygen atoms in total. The van der Waals surface area contributed by atoms with Gasteiger partial charge in [0.1, 0.15) is 5.60 Å². The van der Waals surface area contributed by atoms with Crippen molar-refractivity contribution in [3.63, 3.8) is 0 Å². The third-order valence-corrected chi connectivity index (χ3v) is 1.25. The molecule has 0 aliphatic heterocycles. The Bertz CT molecular complexity index is 234. The minimum Gasteiger partial charge on any atom is -0.550 e. The van der Waals surface area contributed by atoms with Crippen molar-refractivity contribution in [2.75, 3.05) is 0 Å². The molecular weight excluding hydrogens is 308 g/mol. The molecule has 0 aliphatic rings. The van der Waals surface area contributed by atoms with Crippen LogP contribution in [-0.2, 0) is 36.8 Å². The summed E-state index contributed by atoms with van der Waals surface area (Å²) in [5.74, 6) is -5.98. The van der Waals surface area contributed by atoms with E-state index in [0.29, 0.717) is 0 Å². The number of carboxylic acid groups (broad SMARTS) is 3. The Morgan fingerprint density at radius 2 is 1.27 bits per heavy atom. The first-order valence-electron chi connectivity index (χ1n) is 3.11. The maximum atomic E-state index is 10.1. The Kier molecular flexibility index (Phi) is 9.64. The van der Waals surface area contributed by atoms with Crippen LogP contribution in [0.25, 0.3) is 0 Å². The Hall–Kier alpha value is -0.930. The molecule has 9 heteroatoms. The normalized spacial score (nSPS) is 9.40. The fraction of sp³-hybridized carbons (Fsp3) is 0.500. The number of hydrogen-bond donors (Lipinski definition) is 1. The average Bonchev–Trinajstić information content (AvgIpc) is 1.82. The monoisotopic (exact) mass is 314 g/mol. The molecule has 0 atom stereocenters. The number of aliphatic hydroxyl groups is 1. The molecule has 0 bridgehead atoms. The van der Waals surface area contributed by atoms with Crippen LogP contribution in [0.5, 0.6) is 0 Å². The van der Waals surface area contributed by atoms with E-state index < -0.39 is 36.4 Å². The van der Waals surface area contributed by atoms with Gasteiger partial charge < -0.3 is 40.3 Å². The molecule has 3 N–H and O–H groups in total. The van der Waals surface area contributed by atoms with Gasteiger partial charge in [-0.1, -0.05) is 0 Å². The van der Waals surface area contributed by atoms with Crippen molar-refractivity contribution in [3.8, 4) is 0 Å². The Balaban J connectivity index is -0.000000720. The van der Waals surface area contributed by atoms with E-state index in [1.807, 2.05) is 0 Å². The van der Waals surface area contributed by atoms with Crippen LogP contribution >= 0.6 is 0 Å². The minimum atomic E-state index is -2.97. The number of carboxylic acids is 3. The molecule has 0 aromatic heterocycles. The number of aliphatic carboxylic acids is 3. The molecule has 15 heavy (non-hydrogen) atoms. The maximum Gasteiger partial charge on any atom is 1.00 e. The van der Waals surface area contributed by atoms with Crippen LogP contribution in [0.2, 0.25) is 0 Å². The Labute approximate surface area is 99.3 Å². The zero-order valence-corrected chi connectivity index (χ0v) is 8.59. The fourth-order valence-corrected chi connectivity index (χ4v) is 0.684. The summed E-state index contributed by atoms with van der Waals surface area (Å²) in [6, 6.07) is 0. The van der Waals surface area contributed by atoms with Gasteiger partial charge >= 0.3 is 22.4 Å². The SMILES string of the molecule is O.O=C([O-])CC(O)(CC(=O)[O-])C(=O)[O-].[Ag+]. The first-order chi connectivity index (χ1) is 5.78. The van der Waals surface area contributed by atoms with E-state index >= 15 is 0 Å². The summed E-state index contributed by atoms with van der Waals surface area (Å²) < 4.78 is 0. The van der Waals surface area contributed by atoms with Gasteiger partial charge in [-0.05, 0) is 0 Å². The van der Waals surface area contributed by atoms with Gasteiger partial charge in [-0.2, -0.15) is 0 Å². The van der Waals surface area contributed by atoms with Gasteiger partial charge in [0.15, 0.2) is 0 Å². The van der Waals surface area contributed by atoms with Crippen LogP contribution in [0.1, 0.15) is 12.8 Å². The summed E-state index contributed by atoms with van der Waals surface area (Å²) in [6.07, 6.45) is -2.72. The first kappa shape index (κ1) is 19.6. The molecule has 0 fully saturated rings. The number of carbonyl (C=O) groups is 3. The molecule has 0 aromatic carbocycles. The van der Waals surface area contributed by atoms with Crippen LogP contribution in [-0.4, -0.2) is 34.1 Å². The van der Waals surface area contributed by atoms with Gasteiger partial charge in [0.2, 0.25) is 0 Å². The van der Waals surface area contributed by atoms with E-state index in [0.717, 1.165) is 0 Å². The third-order valence-electron chi connectivity index (χ3n) is 1.25. The smallest absolute Gasteiger partial charge is 0.550 e. The maximum absolute atomic E-state index is 10.1. The largest absolute Gasteiger partial charge is 1.00 e. The summed E-state index contributed by atoms with van der Waals surface area (Å²) in [5.41, 5.74) is -2.97. The van der Waals surface area contributed by atoms with Crippen molar-refractivity contribution in [2.45, 2.75) is 18.4 Å². The number of rotatable bonds is 5. The number of hydrogen-bond acceptors (Lipinski definition) is 7. The van der Waals surface area contributed by atoms with Crippen molar-refractivity contribution in [1.82, 2.24) is 0 Å². The predicted octanol–water partition coefficient (Wildman–Crippen LogP) is -6.08. The molecule has 0 unspecified atom stereocenters. The molecule has 0 rings (SSSR count). The Morgan fingerprint density at radius 3 is 1.40 bits per heavy atom. The molecular formula is C6H7AgO8-2. The van der Waals surface area contributed by atoms with Crippen molar-refractivity contribution < 1.29 is 62.7 Å². The van der Waals surface area contributed by atoms with Gasteiger partial charge in [0.05, 0.1) is 5.97 Å². The standard InChI is InChI=1S/C6H8O7.Ag.H2O/c7-3(8)1-6(13,5(11)12)2-4(9)10;;/h13H,1-2H2,(H,7,8)(H,9,10)(H,11,12);;1H2/q;+1;/p-3. The second-order valence-electron chi connectivity index (χ2n) is 2.42. The molecule has 0 aliphatic carbocycles. The van der Waals surface area contributed by atoms with Gasteiger partial charge in [-0.15, -0.1) is 0 Å². The van der Waals surface area contributed by atoms with E-state index in [2.05, 4.69) is 0 Å². The molecule has 0 radical (unpaired) electrons. The fourth-order valence-electron chi connectivity index (χ4n) is 0.684. The zero-order valence-electron chi connectivity index (χ0n) is 7.11. The molecule has 0 amide bonds. The van der Waals surface area contributed by atoms with Crippen molar-refractivity contribution in [3.05, 3.63) is 0 Å². The van der Waals surface area contributed by atoms with Crippen LogP contribution in [0.15, 0.2) is 0 Å². The number of carbonyl (C=O) groups excluding carboxylic acids is 3. The van der Waals surface area contributed by atoms with Crippen molar-refractivity contribution in [1.29, 1.82) is 0 Å². The van der Waals surface area contributed by atoms with E-state index in [1.165, 1.54) is 0 Å². The average molecular weight is 315 g/mol. The van der Waals surface area contributed by atoms with E-state index in [1.54, 1.807) is 0 Å². The predicted molar refractivity (Wildman–Crippen MR) is 32.8 cm³/mol. The van der Waals surface area contributed by atoms with E-state index in [9.17, 15) is 29.7 Å². The van der Waals surface area contributed by atoms with Crippen LogP contribution in [0, 0.1) is 0 Å².